The van der Waals surface area contributed by atoms with Gasteiger partial charge in [0.05, 0.1) is 18.3 Å². The zero-order valence-electron chi connectivity index (χ0n) is 12.1. The predicted octanol–water partition coefficient (Wildman–Crippen LogP) is 1.14. The van der Waals surface area contributed by atoms with Crippen LogP contribution in [0, 0.1) is 13.8 Å². The molecule has 0 aromatic carbocycles. The van der Waals surface area contributed by atoms with Crippen molar-refractivity contribution in [2.75, 3.05) is 13.1 Å². The number of hydrogen-bond acceptors (Lipinski definition) is 5. The number of aromatic nitrogens is 3. The molecule has 7 nitrogen and oxygen atoms in total. The van der Waals surface area contributed by atoms with Gasteiger partial charge in [-0.1, -0.05) is 0 Å². The molecule has 2 N–H and O–H groups in total. The first-order valence-electron chi connectivity index (χ1n) is 6.94. The number of carbonyl (C=O) groups excluding carboxylic acids is 1. The van der Waals surface area contributed by atoms with Gasteiger partial charge in [-0.2, -0.15) is 15.4 Å². The van der Waals surface area contributed by atoms with Gasteiger partial charge >= 0.3 is 0 Å². The molecule has 1 saturated heterocycles. The highest BCUT2D eigenvalue weighted by molar-refractivity contribution is 5.95. The number of nitrogens with zero attached hydrogens (tertiary/aromatic N) is 3. The van der Waals surface area contributed by atoms with Crippen molar-refractivity contribution < 1.29 is 14.3 Å². The highest BCUT2D eigenvalue weighted by atomic mass is 16.3. The van der Waals surface area contributed by atoms with Gasteiger partial charge in [0.25, 0.3) is 5.91 Å². The monoisotopic (exact) mass is 290 g/mol. The van der Waals surface area contributed by atoms with Crippen LogP contribution in [-0.4, -0.2) is 44.4 Å². The second-order valence-electron chi connectivity index (χ2n) is 5.54. The highest BCUT2D eigenvalue weighted by Crippen LogP contribution is 2.31. The van der Waals surface area contributed by atoms with Gasteiger partial charge < -0.3 is 14.4 Å². The van der Waals surface area contributed by atoms with Crippen molar-refractivity contribution in [1.82, 2.24) is 20.3 Å². The Kier molecular flexibility index (Phi) is 3.29. The van der Waals surface area contributed by atoms with E-state index in [4.69, 9.17) is 4.42 Å². The van der Waals surface area contributed by atoms with E-state index >= 15 is 0 Å². The molecule has 3 heterocycles. The Labute approximate surface area is 121 Å². The number of hydrogen-bond donors (Lipinski definition) is 2. The third kappa shape index (κ3) is 2.44. The van der Waals surface area contributed by atoms with Crippen molar-refractivity contribution in [1.29, 1.82) is 0 Å². The van der Waals surface area contributed by atoms with E-state index in [0.717, 1.165) is 0 Å². The maximum atomic E-state index is 12.6. The summed E-state index contributed by atoms with van der Waals surface area (Å²) in [7, 11) is 0. The molecule has 1 aliphatic heterocycles. The third-order valence-corrected chi connectivity index (χ3v) is 3.92. The molecule has 21 heavy (non-hydrogen) atoms. The van der Waals surface area contributed by atoms with Crippen molar-refractivity contribution in [3.63, 3.8) is 0 Å². The molecule has 1 atom stereocenters. The van der Waals surface area contributed by atoms with Crippen LogP contribution < -0.4 is 0 Å². The summed E-state index contributed by atoms with van der Waals surface area (Å²) in [5.74, 6) is 1.19. The summed E-state index contributed by atoms with van der Waals surface area (Å²) >= 11 is 0. The van der Waals surface area contributed by atoms with Crippen LogP contribution in [-0.2, 0) is 5.60 Å². The van der Waals surface area contributed by atoms with Crippen LogP contribution >= 0.6 is 0 Å². The van der Waals surface area contributed by atoms with Crippen molar-refractivity contribution in [3.05, 3.63) is 35.0 Å². The van der Waals surface area contributed by atoms with E-state index in [2.05, 4.69) is 15.4 Å². The van der Waals surface area contributed by atoms with E-state index in [1.165, 1.54) is 6.20 Å². The molecule has 0 aliphatic carbocycles. The number of furan rings is 1. The summed E-state index contributed by atoms with van der Waals surface area (Å²) in [4.78, 5) is 14.3. The summed E-state index contributed by atoms with van der Waals surface area (Å²) in [5.41, 5.74) is -0.120. The van der Waals surface area contributed by atoms with Crippen molar-refractivity contribution in [3.8, 4) is 0 Å². The molecule has 1 aliphatic rings. The number of β-amino-alcohol motifs (C(OH)–C–C–N with tert-alkyl or cyclic N) is 1. The number of carbonyl (C=O) groups is 1. The molecule has 0 bridgehead atoms. The Morgan fingerprint density at radius 3 is 2.95 bits per heavy atom. The molecule has 1 fully saturated rings. The second kappa shape index (κ2) is 5.00. The van der Waals surface area contributed by atoms with Gasteiger partial charge in [-0.3, -0.25) is 4.79 Å². The number of aliphatic hydroxyl groups is 1. The number of rotatable bonds is 2. The minimum Gasteiger partial charge on any atom is -0.466 e. The SMILES string of the molecule is Cc1cc(C(=O)N2CCCC(O)(c3cn[nH]n3)C2)c(C)o1. The highest BCUT2D eigenvalue weighted by Gasteiger charge is 2.39. The van der Waals surface area contributed by atoms with Gasteiger partial charge in [-0.25, -0.2) is 0 Å². The van der Waals surface area contributed by atoms with Crippen LogP contribution in [0.2, 0.25) is 0 Å². The number of aryl methyl sites for hydroxylation is 2. The molecular formula is C14H18N4O3. The number of nitrogens with one attached hydrogen (secondary N) is 1. The summed E-state index contributed by atoms with van der Waals surface area (Å²) in [6, 6.07) is 1.74. The molecule has 3 rings (SSSR count). The smallest absolute Gasteiger partial charge is 0.257 e. The Morgan fingerprint density at radius 2 is 2.33 bits per heavy atom. The van der Waals surface area contributed by atoms with Gasteiger partial charge in [0.15, 0.2) is 0 Å². The van der Waals surface area contributed by atoms with Crippen LogP contribution in [0.3, 0.4) is 0 Å². The number of aromatic amines is 1. The maximum Gasteiger partial charge on any atom is 0.257 e. The Morgan fingerprint density at radius 1 is 1.52 bits per heavy atom. The fourth-order valence-corrected chi connectivity index (χ4v) is 2.86. The molecule has 2 aromatic rings. The summed E-state index contributed by atoms with van der Waals surface area (Å²) < 4.78 is 5.41. The largest absolute Gasteiger partial charge is 0.466 e. The number of amides is 1. The first-order valence-corrected chi connectivity index (χ1v) is 6.94. The molecule has 0 radical (unpaired) electrons. The molecule has 2 aromatic heterocycles. The minimum absolute atomic E-state index is 0.119. The van der Waals surface area contributed by atoms with Gasteiger partial charge in [-0.15, -0.1) is 0 Å². The molecule has 1 amide bonds. The average Bonchev–Trinajstić information content (AvgIpc) is 3.08. The Balaban J connectivity index is 1.83. The van der Waals surface area contributed by atoms with E-state index < -0.39 is 5.60 Å². The van der Waals surface area contributed by atoms with Crippen LogP contribution in [0.5, 0.6) is 0 Å². The van der Waals surface area contributed by atoms with E-state index in [9.17, 15) is 9.90 Å². The van der Waals surface area contributed by atoms with Crippen molar-refractivity contribution in [2.45, 2.75) is 32.3 Å². The maximum absolute atomic E-state index is 12.6. The van der Waals surface area contributed by atoms with Gasteiger partial charge in [0, 0.05) is 6.54 Å². The van der Waals surface area contributed by atoms with Crippen LogP contribution in [0.1, 0.15) is 40.4 Å². The molecule has 0 saturated carbocycles. The predicted molar refractivity (Wildman–Crippen MR) is 73.6 cm³/mol. The molecule has 0 spiro atoms. The Bertz CT molecular complexity index is 649. The van der Waals surface area contributed by atoms with Crippen molar-refractivity contribution in [2.24, 2.45) is 0 Å². The zero-order valence-corrected chi connectivity index (χ0v) is 12.1. The van der Waals surface area contributed by atoms with Crippen LogP contribution in [0.15, 0.2) is 16.7 Å². The lowest BCUT2D eigenvalue weighted by molar-refractivity contribution is -0.0320. The van der Waals surface area contributed by atoms with E-state index in [1.54, 1.807) is 17.9 Å². The van der Waals surface area contributed by atoms with Gasteiger partial charge in [0.2, 0.25) is 0 Å². The quantitative estimate of drug-likeness (QED) is 0.864. The van der Waals surface area contributed by atoms with Crippen LogP contribution in [0.25, 0.3) is 0 Å². The van der Waals surface area contributed by atoms with Gasteiger partial charge in [-0.05, 0) is 32.8 Å². The van der Waals surface area contributed by atoms with E-state index in [1.807, 2.05) is 6.92 Å². The fourth-order valence-electron chi connectivity index (χ4n) is 2.86. The number of likely N-dealkylation sites (tertiary alicyclic amines) is 1. The van der Waals surface area contributed by atoms with E-state index in [0.29, 0.717) is 42.2 Å². The lowest BCUT2D eigenvalue weighted by atomic mass is 9.89. The Hall–Kier alpha value is -2.15. The van der Waals surface area contributed by atoms with Crippen molar-refractivity contribution >= 4 is 5.91 Å². The first kappa shape index (κ1) is 13.8. The summed E-state index contributed by atoms with van der Waals surface area (Å²) in [6.07, 6.45) is 2.78. The molecule has 112 valence electrons. The average molecular weight is 290 g/mol. The van der Waals surface area contributed by atoms with Crippen LogP contribution in [0.4, 0.5) is 0 Å². The number of piperidine rings is 1. The number of H-pyrrole nitrogens is 1. The molecular weight excluding hydrogens is 272 g/mol. The second-order valence-corrected chi connectivity index (χ2v) is 5.54. The summed E-state index contributed by atoms with van der Waals surface area (Å²) in [6.45, 7) is 4.41. The first-order chi connectivity index (χ1) is 9.99. The van der Waals surface area contributed by atoms with E-state index in [-0.39, 0.29) is 12.5 Å². The summed E-state index contributed by atoms with van der Waals surface area (Å²) in [5, 5.41) is 20.9. The van der Waals surface area contributed by atoms with Gasteiger partial charge in [0.1, 0.15) is 22.8 Å². The molecule has 7 heteroatoms. The topological polar surface area (TPSA) is 95.2 Å². The minimum atomic E-state index is -1.15. The standard InChI is InChI=1S/C14H18N4O3/c1-9-6-11(10(2)21-9)13(19)18-5-3-4-14(20,8-18)12-7-15-17-16-12/h6-7,20H,3-5,8H2,1-2H3,(H,15,16,17). The molecule has 1 unspecified atom stereocenters. The lowest BCUT2D eigenvalue weighted by Gasteiger charge is -2.37. The third-order valence-electron chi connectivity index (χ3n) is 3.92. The zero-order chi connectivity index (χ0) is 15.0. The normalized spacial score (nSPS) is 22.5. The lowest BCUT2D eigenvalue weighted by Crippen LogP contribution is -2.48. The fraction of sp³-hybridized carbons (Fsp3) is 0.500.